The molecular formula is C18H23N3O2. The second-order valence-electron chi connectivity index (χ2n) is 6.40. The molecule has 1 aromatic heterocycles. The molecule has 1 aromatic carbocycles. The van der Waals surface area contributed by atoms with Crippen molar-refractivity contribution in [1.82, 2.24) is 4.98 Å². The summed E-state index contributed by atoms with van der Waals surface area (Å²) < 4.78 is 5.19. The van der Waals surface area contributed by atoms with Gasteiger partial charge in [0, 0.05) is 6.54 Å². The third-order valence-corrected chi connectivity index (χ3v) is 2.96. The van der Waals surface area contributed by atoms with Crippen LogP contribution in [0.15, 0.2) is 42.6 Å². The molecule has 0 atom stereocenters. The molecule has 0 bridgehead atoms. The van der Waals surface area contributed by atoms with E-state index in [1.165, 1.54) is 11.1 Å². The third kappa shape index (κ3) is 5.98. The van der Waals surface area contributed by atoms with E-state index < -0.39 is 11.7 Å². The lowest BCUT2D eigenvalue weighted by Crippen LogP contribution is -2.27. The summed E-state index contributed by atoms with van der Waals surface area (Å²) in [6.45, 7) is 8.24. The van der Waals surface area contributed by atoms with Gasteiger partial charge in [-0.25, -0.2) is 9.78 Å². The molecule has 0 aliphatic heterocycles. The van der Waals surface area contributed by atoms with Gasteiger partial charge in [-0.2, -0.15) is 0 Å². The van der Waals surface area contributed by atoms with E-state index in [1.807, 2.05) is 32.9 Å². The molecular weight excluding hydrogens is 290 g/mol. The van der Waals surface area contributed by atoms with Gasteiger partial charge in [0.2, 0.25) is 0 Å². The SMILES string of the molecule is Cc1cccc(CNc2ccc(NC(=O)OC(C)(C)C)cn2)c1. The minimum atomic E-state index is -0.521. The van der Waals surface area contributed by atoms with Crippen LogP contribution in [-0.2, 0) is 11.3 Å². The number of nitrogens with zero attached hydrogens (tertiary/aromatic N) is 1. The zero-order valence-corrected chi connectivity index (χ0v) is 14.0. The maximum Gasteiger partial charge on any atom is 0.412 e. The number of nitrogens with one attached hydrogen (secondary N) is 2. The summed E-state index contributed by atoms with van der Waals surface area (Å²) in [6.07, 6.45) is 1.11. The number of carbonyl (C=O) groups is 1. The summed E-state index contributed by atoms with van der Waals surface area (Å²) >= 11 is 0. The standard InChI is InChI=1S/C18H23N3O2/c1-13-6-5-7-14(10-13)11-19-16-9-8-15(12-20-16)21-17(22)23-18(2,3)4/h5-10,12H,11H2,1-4H3,(H,19,20)(H,21,22). The Bertz CT molecular complexity index is 661. The summed E-state index contributed by atoms with van der Waals surface area (Å²) in [5, 5.41) is 5.91. The van der Waals surface area contributed by atoms with Crippen molar-refractivity contribution in [2.45, 2.75) is 39.8 Å². The van der Waals surface area contributed by atoms with E-state index in [-0.39, 0.29) is 0 Å². The van der Waals surface area contributed by atoms with Crippen LogP contribution in [0.4, 0.5) is 16.3 Å². The van der Waals surface area contributed by atoms with Crippen molar-refractivity contribution < 1.29 is 9.53 Å². The summed E-state index contributed by atoms with van der Waals surface area (Å²) in [5.74, 6) is 0.751. The van der Waals surface area contributed by atoms with Gasteiger partial charge < -0.3 is 10.1 Å². The Labute approximate surface area is 137 Å². The largest absolute Gasteiger partial charge is 0.444 e. The van der Waals surface area contributed by atoms with Gasteiger partial charge in [-0.05, 0) is 45.4 Å². The second kappa shape index (κ2) is 7.13. The normalized spacial score (nSPS) is 11.0. The van der Waals surface area contributed by atoms with Crippen LogP contribution in [0.2, 0.25) is 0 Å². The number of aryl methyl sites for hydroxylation is 1. The van der Waals surface area contributed by atoms with Gasteiger partial charge in [-0.15, -0.1) is 0 Å². The first-order valence-electron chi connectivity index (χ1n) is 7.57. The first kappa shape index (κ1) is 16.8. The van der Waals surface area contributed by atoms with Crippen molar-refractivity contribution in [2.24, 2.45) is 0 Å². The number of amides is 1. The molecule has 5 heteroatoms. The van der Waals surface area contributed by atoms with Crippen molar-refractivity contribution >= 4 is 17.6 Å². The van der Waals surface area contributed by atoms with E-state index in [1.54, 1.807) is 12.3 Å². The molecule has 0 spiro atoms. The lowest BCUT2D eigenvalue weighted by atomic mass is 10.1. The van der Waals surface area contributed by atoms with Crippen molar-refractivity contribution in [3.05, 3.63) is 53.7 Å². The van der Waals surface area contributed by atoms with Crippen LogP contribution in [0.25, 0.3) is 0 Å². The molecule has 0 saturated carbocycles. The fraction of sp³-hybridized carbons (Fsp3) is 0.333. The van der Waals surface area contributed by atoms with Gasteiger partial charge in [0.15, 0.2) is 0 Å². The number of carbonyl (C=O) groups excluding carboxylic acids is 1. The second-order valence-corrected chi connectivity index (χ2v) is 6.40. The Kier molecular flexibility index (Phi) is 5.21. The molecule has 0 fully saturated rings. The van der Waals surface area contributed by atoms with Crippen LogP contribution >= 0.6 is 0 Å². The molecule has 122 valence electrons. The van der Waals surface area contributed by atoms with Gasteiger partial charge in [-0.1, -0.05) is 29.8 Å². The van der Waals surface area contributed by atoms with E-state index in [2.05, 4.69) is 40.7 Å². The fourth-order valence-corrected chi connectivity index (χ4v) is 2.01. The minimum Gasteiger partial charge on any atom is -0.444 e. The lowest BCUT2D eigenvalue weighted by Gasteiger charge is -2.19. The smallest absolute Gasteiger partial charge is 0.412 e. The molecule has 0 radical (unpaired) electrons. The maximum absolute atomic E-state index is 11.7. The molecule has 2 rings (SSSR count). The van der Waals surface area contributed by atoms with Crippen molar-refractivity contribution in [3.8, 4) is 0 Å². The van der Waals surface area contributed by atoms with Crippen LogP contribution in [-0.4, -0.2) is 16.7 Å². The van der Waals surface area contributed by atoms with Crippen LogP contribution in [0.1, 0.15) is 31.9 Å². The first-order chi connectivity index (χ1) is 10.8. The molecule has 2 aromatic rings. The predicted molar refractivity (Wildman–Crippen MR) is 92.6 cm³/mol. The van der Waals surface area contributed by atoms with Crippen LogP contribution in [0, 0.1) is 6.92 Å². The van der Waals surface area contributed by atoms with Crippen LogP contribution in [0.5, 0.6) is 0 Å². The molecule has 0 aliphatic carbocycles. The number of benzene rings is 1. The minimum absolute atomic E-state index is 0.486. The predicted octanol–water partition coefficient (Wildman–Crippen LogP) is 4.35. The van der Waals surface area contributed by atoms with Crippen molar-refractivity contribution in [1.29, 1.82) is 0 Å². The highest BCUT2D eigenvalue weighted by Gasteiger charge is 2.16. The molecule has 1 heterocycles. The Morgan fingerprint density at radius 3 is 2.61 bits per heavy atom. The molecule has 0 unspecified atom stereocenters. The Hall–Kier alpha value is -2.56. The Morgan fingerprint density at radius 1 is 1.22 bits per heavy atom. The molecule has 23 heavy (non-hydrogen) atoms. The maximum atomic E-state index is 11.7. The van der Waals surface area contributed by atoms with E-state index in [9.17, 15) is 4.79 Å². The monoisotopic (exact) mass is 313 g/mol. The molecule has 0 aliphatic rings. The molecule has 1 amide bonds. The summed E-state index contributed by atoms with van der Waals surface area (Å²) in [6, 6.07) is 11.9. The van der Waals surface area contributed by atoms with E-state index in [4.69, 9.17) is 4.74 Å². The quantitative estimate of drug-likeness (QED) is 0.881. The third-order valence-electron chi connectivity index (χ3n) is 2.96. The van der Waals surface area contributed by atoms with E-state index in [0.717, 1.165) is 5.82 Å². The summed E-state index contributed by atoms with van der Waals surface area (Å²) in [4.78, 5) is 16.0. The number of ether oxygens (including phenoxy) is 1. The van der Waals surface area contributed by atoms with Gasteiger partial charge in [0.25, 0.3) is 0 Å². The highest BCUT2D eigenvalue weighted by molar-refractivity contribution is 5.84. The van der Waals surface area contributed by atoms with Gasteiger partial charge >= 0.3 is 6.09 Å². The van der Waals surface area contributed by atoms with Gasteiger partial charge in [0.1, 0.15) is 11.4 Å². The molecule has 5 nitrogen and oxygen atoms in total. The number of aromatic nitrogens is 1. The number of hydrogen-bond acceptors (Lipinski definition) is 4. The topological polar surface area (TPSA) is 63.2 Å². The van der Waals surface area contributed by atoms with E-state index in [0.29, 0.717) is 12.2 Å². The fourth-order valence-electron chi connectivity index (χ4n) is 2.01. The molecule has 0 saturated heterocycles. The number of pyridine rings is 1. The lowest BCUT2D eigenvalue weighted by molar-refractivity contribution is 0.0636. The Morgan fingerprint density at radius 2 is 2.00 bits per heavy atom. The zero-order chi connectivity index (χ0) is 16.9. The zero-order valence-electron chi connectivity index (χ0n) is 14.0. The summed E-state index contributed by atoms with van der Waals surface area (Å²) in [5.41, 5.74) is 2.50. The van der Waals surface area contributed by atoms with Gasteiger partial charge in [0.05, 0.1) is 11.9 Å². The molecule has 2 N–H and O–H groups in total. The number of anilines is 2. The average molecular weight is 313 g/mol. The van der Waals surface area contributed by atoms with E-state index >= 15 is 0 Å². The highest BCUT2D eigenvalue weighted by atomic mass is 16.6. The van der Waals surface area contributed by atoms with Crippen molar-refractivity contribution in [3.63, 3.8) is 0 Å². The Balaban J connectivity index is 1.88. The van der Waals surface area contributed by atoms with Crippen molar-refractivity contribution in [2.75, 3.05) is 10.6 Å². The van der Waals surface area contributed by atoms with Gasteiger partial charge in [-0.3, -0.25) is 5.32 Å². The first-order valence-corrected chi connectivity index (χ1v) is 7.57. The number of rotatable bonds is 4. The summed E-state index contributed by atoms with van der Waals surface area (Å²) in [7, 11) is 0. The highest BCUT2D eigenvalue weighted by Crippen LogP contribution is 2.14. The average Bonchev–Trinajstić information content (AvgIpc) is 2.44. The number of hydrogen-bond donors (Lipinski definition) is 2. The van der Waals surface area contributed by atoms with Crippen LogP contribution in [0.3, 0.4) is 0 Å². The van der Waals surface area contributed by atoms with Crippen LogP contribution < -0.4 is 10.6 Å².